The highest BCUT2D eigenvalue weighted by Crippen LogP contribution is 2.33. The van der Waals surface area contributed by atoms with Crippen molar-refractivity contribution in [1.29, 1.82) is 0 Å². The lowest BCUT2D eigenvalue weighted by Gasteiger charge is -2.28. The fourth-order valence-corrected chi connectivity index (χ4v) is 2.05. The Morgan fingerprint density at radius 3 is 2.30 bits per heavy atom. The van der Waals surface area contributed by atoms with E-state index in [4.69, 9.17) is 0 Å². The molecule has 0 amide bonds. The van der Waals surface area contributed by atoms with E-state index in [9.17, 15) is 0 Å². The Morgan fingerprint density at radius 1 is 1.30 bits per heavy atom. The molecule has 0 nitrogen and oxygen atoms in total. The van der Waals surface area contributed by atoms with E-state index < -0.39 is 0 Å². The molecule has 0 spiro atoms. The molecule has 0 unspecified atom stereocenters. The van der Waals surface area contributed by atoms with Crippen molar-refractivity contribution in [3.8, 4) is 0 Å². The molecule has 1 aliphatic carbocycles. The summed E-state index contributed by atoms with van der Waals surface area (Å²) < 4.78 is 0. The first kappa shape index (κ1) is 7.84. The molecule has 1 aliphatic rings. The number of rotatable bonds is 1. The van der Waals surface area contributed by atoms with Gasteiger partial charge in [-0.3, -0.25) is 0 Å². The lowest BCUT2D eigenvalue weighted by molar-refractivity contribution is 0.294. The molecule has 0 N–H and O–H groups in total. The van der Waals surface area contributed by atoms with Gasteiger partial charge in [-0.15, -0.1) is 0 Å². The van der Waals surface area contributed by atoms with Crippen LogP contribution in [0.5, 0.6) is 0 Å². The van der Waals surface area contributed by atoms with Crippen LogP contribution in [0.25, 0.3) is 0 Å². The third-order valence-corrected chi connectivity index (χ3v) is 2.74. The smallest absolute Gasteiger partial charge is 0.0183 e. The summed E-state index contributed by atoms with van der Waals surface area (Å²) in [5.41, 5.74) is 1.40. The highest BCUT2D eigenvalue weighted by molar-refractivity contribution is 4.99. The van der Waals surface area contributed by atoms with Gasteiger partial charge in [-0.1, -0.05) is 38.3 Å². The van der Waals surface area contributed by atoms with Crippen LogP contribution >= 0.6 is 0 Å². The SMILES string of the molecule is C=C(C)[C@@H]1CCCC[C@@H]1C. The lowest BCUT2D eigenvalue weighted by Crippen LogP contribution is -2.16. The van der Waals surface area contributed by atoms with Gasteiger partial charge in [0.1, 0.15) is 0 Å². The summed E-state index contributed by atoms with van der Waals surface area (Å²) in [4.78, 5) is 0. The summed E-state index contributed by atoms with van der Waals surface area (Å²) in [5.74, 6) is 1.72. The van der Waals surface area contributed by atoms with Gasteiger partial charge < -0.3 is 0 Å². The van der Waals surface area contributed by atoms with Crippen LogP contribution < -0.4 is 0 Å². The zero-order chi connectivity index (χ0) is 7.56. The number of allylic oxidation sites excluding steroid dienone is 1. The van der Waals surface area contributed by atoms with Crippen molar-refractivity contribution in [1.82, 2.24) is 0 Å². The molecule has 10 heavy (non-hydrogen) atoms. The minimum absolute atomic E-state index is 0.828. The monoisotopic (exact) mass is 138 g/mol. The first-order valence-electron chi connectivity index (χ1n) is 4.37. The molecule has 0 aliphatic heterocycles. The van der Waals surface area contributed by atoms with Crippen molar-refractivity contribution in [3.05, 3.63) is 12.2 Å². The van der Waals surface area contributed by atoms with Crippen molar-refractivity contribution in [2.24, 2.45) is 11.8 Å². The van der Waals surface area contributed by atoms with Crippen LogP contribution in [0.4, 0.5) is 0 Å². The molecule has 0 aromatic heterocycles. The largest absolute Gasteiger partial charge is 0.0999 e. The van der Waals surface area contributed by atoms with Crippen LogP contribution in [-0.2, 0) is 0 Å². The standard InChI is InChI=1S/C10H18/c1-8(2)10-7-5-4-6-9(10)3/h9-10H,1,4-7H2,2-3H3/t9-,10-/m0/s1. The average Bonchev–Trinajstić information content (AvgIpc) is 1.88. The molecule has 0 aromatic rings. The predicted molar refractivity (Wildman–Crippen MR) is 45.9 cm³/mol. The Labute approximate surface area is 64.3 Å². The Morgan fingerprint density at radius 2 is 1.90 bits per heavy atom. The van der Waals surface area contributed by atoms with E-state index >= 15 is 0 Å². The fraction of sp³-hybridized carbons (Fsp3) is 0.800. The number of hydrogen-bond donors (Lipinski definition) is 0. The maximum Gasteiger partial charge on any atom is -0.0183 e. The fourth-order valence-electron chi connectivity index (χ4n) is 2.05. The van der Waals surface area contributed by atoms with Crippen LogP contribution in [0.2, 0.25) is 0 Å². The molecule has 2 atom stereocenters. The zero-order valence-electron chi connectivity index (χ0n) is 7.19. The van der Waals surface area contributed by atoms with Gasteiger partial charge in [0, 0.05) is 0 Å². The van der Waals surface area contributed by atoms with Crippen molar-refractivity contribution < 1.29 is 0 Å². The second-order valence-corrected chi connectivity index (χ2v) is 3.71. The van der Waals surface area contributed by atoms with Crippen LogP contribution in [0, 0.1) is 11.8 Å². The van der Waals surface area contributed by atoms with E-state index in [0.29, 0.717) is 0 Å². The van der Waals surface area contributed by atoms with E-state index in [1.165, 1.54) is 31.3 Å². The van der Waals surface area contributed by atoms with Crippen molar-refractivity contribution >= 4 is 0 Å². The van der Waals surface area contributed by atoms with Gasteiger partial charge >= 0.3 is 0 Å². The molecule has 1 rings (SSSR count). The van der Waals surface area contributed by atoms with Crippen LogP contribution in [0.3, 0.4) is 0 Å². The molecule has 0 saturated heterocycles. The first-order valence-corrected chi connectivity index (χ1v) is 4.37. The van der Waals surface area contributed by atoms with Gasteiger partial charge in [0.15, 0.2) is 0 Å². The lowest BCUT2D eigenvalue weighted by atomic mass is 9.77. The molecule has 1 saturated carbocycles. The number of hydrogen-bond acceptors (Lipinski definition) is 0. The quantitative estimate of drug-likeness (QED) is 0.487. The minimum Gasteiger partial charge on any atom is -0.0999 e. The van der Waals surface area contributed by atoms with Gasteiger partial charge in [0.05, 0.1) is 0 Å². The van der Waals surface area contributed by atoms with Crippen LogP contribution in [0.15, 0.2) is 12.2 Å². The summed E-state index contributed by atoms with van der Waals surface area (Å²) in [6.07, 6.45) is 5.65. The minimum atomic E-state index is 0.828. The second kappa shape index (κ2) is 3.23. The molecule has 0 radical (unpaired) electrons. The maximum atomic E-state index is 4.03. The Bertz CT molecular complexity index is 124. The zero-order valence-corrected chi connectivity index (χ0v) is 7.19. The van der Waals surface area contributed by atoms with Crippen molar-refractivity contribution in [2.45, 2.75) is 39.5 Å². The normalized spacial score (nSPS) is 33.8. The summed E-state index contributed by atoms with van der Waals surface area (Å²) in [7, 11) is 0. The highest BCUT2D eigenvalue weighted by atomic mass is 14.3. The third-order valence-electron chi connectivity index (χ3n) is 2.74. The Kier molecular flexibility index (Phi) is 2.53. The molecule has 0 bridgehead atoms. The van der Waals surface area contributed by atoms with Gasteiger partial charge in [-0.25, -0.2) is 0 Å². The van der Waals surface area contributed by atoms with Gasteiger partial charge in [-0.2, -0.15) is 0 Å². The van der Waals surface area contributed by atoms with Gasteiger partial charge in [0.25, 0.3) is 0 Å². The molecule has 1 fully saturated rings. The van der Waals surface area contributed by atoms with Gasteiger partial charge in [0.2, 0.25) is 0 Å². The molecule has 0 aromatic carbocycles. The predicted octanol–water partition coefficient (Wildman–Crippen LogP) is 3.39. The van der Waals surface area contributed by atoms with Gasteiger partial charge in [-0.05, 0) is 25.2 Å². The average molecular weight is 138 g/mol. The third kappa shape index (κ3) is 1.62. The van der Waals surface area contributed by atoms with Crippen molar-refractivity contribution in [2.75, 3.05) is 0 Å². The second-order valence-electron chi connectivity index (χ2n) is 3.71. The Balaban J connectivity index is 2.47. The summed E-state index contributed by atoms with van der Waals surface area (Å²) in [6.45, 7) is 8.56. The molecule has 0 heteroatoms. The molecule has 58 valence electrons. The summed E-state index contributed by atoms with van der Waals surface area (Å²) >= 11 is 0. The molecular formula is C10H18. The molecule has 0 heterocycles. The first-order chi connectivity index (χ1) is 4.72. The van der Waals surface area contributed by atoms with Crippen molar-refractivity contribution in [3.63, 3.8) is 0 Å². The highest BCUT2D eigenvalue weighted by Gasteiger charge is 2.20. The van der Waals surface area contributed by atoms with E-state index in [0.717, 1.165) is 11.8 Å². The topological polar surface area (TPSA) is 0 Å². The Hall–Kier alpha value is -0.260. The molecular weight excluding hydrogens is 120 g/mol. The van der Waals surface area contributed by atoms with E-state index in [1.807, 2.05) is 0 Å². The van der Waals surface area contributed by atoms with Crippen LogP contribution in [-0.4, -0.2) is 0 Å². The van der Waals surface area contributed by atoms with E-state index in [1.54, 1.807) is 0 Å². The maximum absolute atomic E-state index is 4.03. The summed E-state index contributed by atoms with van der Waals surface area (Å²) in [5, 5.41) is 0. The van der Waals surface area contributed by atoms with Crippen LogP contribution in [0.1, 0.15) is 39.5 Å². The van der Waals surface area contributed by atoms with E-state index in [-0.39, 0.29) is 0 Å². The van der Waals surface area contributed by atoms with E-state index in [2.05, 4.69) is 20.4 Å². The summed E-state index contributed by atoms with van der Waals surface area (Å²) in [6, 6.07) is 0.